The van der Waals surface area contributed by atoms with Gasteiger partial charge >= 0.3 is 0 Å². The van der Waals surface area contributed by atoms with E-state index in [9.17, 15) is 0 Å². The molecule has 0 saturated carbocycles. The molecule has 0 aliphatic carbocycles. The van der Waals surface area contributed by atoms with E-state index in [4.69, 9.17) is 10.5 Å². The highest BCUT2D eigenvalue weighted by Gasteiger charge is 2.17. The van der Waals surface area contributed by atoms with Crippen molar-refractivity contribution in [3.8, 4) is 0 Å². The molecule has 17 heavy (non-hydrogen) atoms. The van der Waals surface area contributed by atoms with Gasteiger partial charge in [0.05, 0.1) is 0 Å². The molecule has 0 saturated heterocycles. The number of halogens is 1. The number of hydrogen-bond donors (Lipinski definition) is 1. The summed E-state index contributed by atoms with van der Waals surface area (Å²) in [6.45, 7) is 11.9. The van der Waals surface area contributed by atoms with Gasteiger partial charge in [0.25, 0.3) is 0 Å². The lowest BCUT2D eigenvalue weighted by Crippen LogP contribution is -2.37. The molecule has 104 valence electrons. The van der Waals surface area contributed by atoms with Crippen molar-refractivity contribution < 1.29 is 4.74 Å². The molecule has 0 amide bonds. The van der Waals surface area contributed by atoms with Gasteiger partial charge in [-0.05, 0) is 25.7 Å². The van der Waals surface area contributed by atoms with Gasteiger partial charge in [-0.15, -0.1) is 24.0 Å². The van der Waals surface area contributed by atoms with Crippen LogP contribution in [0.4, 0.5) is 0 Å². The average molecular weight is 357 g/mol. The summed E-state index contributed by atoms with van der Waals surface area (Å²) in [5.74, 6) is 0.649. The summed E-state index contributed by atoms with van der Waals surface area (Å²) in [5.41, 5.74) is 6.07. The van der Waals surface area contributed by atoms with Gasteiger partial charge in [0, 0.05) is 33.4 Å². The first-order valence-electron chi connectivity index (χ1n) is 6.00. The Hall–Kier alpha value is -0.0400. The van der Waals surface area contributed by atoms with Crippen LogP contribution in [0.15, 0.2) is 4.99 Å². The van der Waals surface area contributed by atoms with E-state index < -0.39 is 0 Å². The topological polar surface area (TPSA) is 50.8 Å². The minimum Gasteiger partial charge on any atom is -0.385 e. The van der Waals surface area contributed by atoms with E-state index in [1.54, 1.807) is 7.11 Å². The zero-order valence-corrected chi connectivity index (χ0v) is 14.2. The molecule has 0 fully saturated rings. The van der Waals surface area contributed by atoms with Crippen molar-refractivity contribution in [3.05, 3.63) is 0 Å². The minimum absolute atomic E-state index is 0. The molecule has 0 bridgehead atoms. The van der Waals surface area contributed by atoms with Crippen LogP contribution < -0.4 is 5.73 Å². The molecule has 0 unspecified atom stereocenters. The van der Waals surface area contributed by atoms with Crippen molar-refractivity contribution in [1.29, 1.82) is 0 Å². The predicted octanol–water partition coefficient (Wildman–Crippen LogP) is 2.32. The molecule has 0 aliphatic heterocycles. The first-order chi connectivity index (χ1) is 7.46. The summed E-state index contributed by atoms with van der Waals surface area (Å²) >= 11 is 0. The van der Waals surface area contributed by atoms with Gasteiger partial charge in [0.1, 0.15) is 0 Å². The van der Waals surface area contributed by atoms with Gasteiger partial charge in [-0.1, -0.05) is 13.8 Å². The van der Waals surface area contributed by atoms with Crippen LogP contribution in [0.1, 0.15) is 34.1 Å². The first-order valence-corrected chi connectivity index (χ1v) is 6.00. The maximum absolute atomic E-state index is 5.92. The number of methoxy groups -OCH3 is 1. The number of ether oxygens (including phenoxy) is 1. The Bertz CT molecular complexity index is 216. The van der Waals surface area contributed by atoms with Crippen molar-refractivity contribution in [1.82, 2.24) is 4.90 Å². The maximum atomic E-state index is 5.92. The zero-order chi connectivity index (χ0) is 12.6. The van der Waals surface area contributed by atoms with E-state index in [-0.39, 0.29) is 29.4 Å². The third-order valence-corrected chi connectivity index (χ3v) is 2.74. The Morgan fingerprint density at radius 1 is 1.29 bits per heavy atom. The molecule has 0 rings (SSSR count). The molecule has 4 nitrogen and oxygen atoms in total. The largest absolute Gasteiger partial charge is 0.385 e. The molecule has 2 N–H and O–H groups in total. The van der Waals surface area contributed by atoms with Crippen LogP contribution in [-0.4, -0.2) is 44.2 Å². The Morgan fingerprint density at radius 3 is 2.24 bits per heavy atom. The summed E-state index contributed by atoms with van der Waals surface area (Å²) in [6, 6.07) is 0. The van der Waals surface area contributed by atoms with Crippen LogP contribution in [0.25, 0.3) is 0 Å². The van der Waals surface area contributed by atoms with Crippen LogP contribution in [-0.2, 0) is 4.74 Å². The van der Waals surface area contributed by atoms with E-state index in [2.05, 4.69) is 37.6 Å². The molecular weight excluding hydrogens is 329 g/mol. The average Bonchev–Trinajstić information content (AvgIpc) is 2.25. The summed E-state index contributed by atoms with van der Waals surface area (Å²) in [4.78, 5) is 6.52. The highest BCUT2D eigenvalue weighted by molar-refractivity contribution is 14.0. The lowest BCUT2D eigenvalue weighted by molar-refractivity contribution is 0.155. The molecule has 0 aromatic carbocycles. The first kappa shape index (κ1) is 19.3. The van der Waals surface area contributed by atoms with Crippen molar-refractivity contribution in [2.75, 3.05) is 33.4 Å². The summed E-state index contributed by atoms with van der Waals surface area (Å²) in [5, 5.41) is 0. The standard InChI is InChI=1S/C12H27N3O.HI/c1-6-15(7-2)11(13)14-10-12(3,4)8-9-16-5;/h6-10H2,1-5H3,(H2,13,14);1H. The zero-order valence-electron chi connectivity index (χ0n) is 11.8. The second-order valence-corrected chi connectivity index (χ2v) is 4.75. The van der Waals surface area contributed by atoms with Crippen molar-refractivity contribution >= 4 is 29.9 Å². The predicted molar refractivity (Wildman–Crippen MR) is 85.1 cm³/mol. The number of guanidine groups is 1. The summed E-state index contributed by atoms with van der Waals surface area (Å²) in [6.07, 6.45) is 0.999. The Kier molecular flexibility index (Phi) is 11.3. The van der Waals surface area contributed by atoms with Gasteiger partial charge in [-0.25, -0.2) is 0 Å². The van der Waals surface area contributed by atoms with Crippen LogP contribution in [0.3, 0.4) is 0 Å². The lowest BCUT2D eigenvalue weighted by Gasteiger charge is -2.24. The van der Waals surface area contributed by atoms with E-state index in [1.165, 1.54) is 0 Å². The number of rotatable bonds is 7. The van der Waals surface area contributed by atoms with Crippen molar-refractivity contribution in [2.45, 2.75) is 34.1 Å². The molecule has 0 aromatic rings. The molecule has 0 aromatic heterocycles. The number of nitrogens with two attached hydrogens (primary N) is 1. The monoisotopic (exact) mass is 357 g/mol. The molecule has 0 heterocycles. The molecule has 0 radical (unpaired) electrons. The lowest BCUT2D eigenvalue weighted by atomic mass is 9.90. The number of aliphatic imine (C=N–C) groups is 1. The van der Waals surface area contributed by atoms with Gasteiger partial charge in [-0.3, -0.25) is 4.99 Å². The van der Waals surface area contributed by atoms with Crippen LogP contribution in [0.5, 0.6) is 0 Å². The third kappa shape index (κ3) is 8.65. The fraction of sp³-hybridized carbons (Fsp3) is 0.917. The number of nitrogens with zero attached hydrogens (tertiary/aromatic N) is 2. The quantitative estimate of drug-likeness (QED) is 0.432. The Balaban J connectivity index is 0. The van der Waals surface area contributed by atoms with Gasteiger partial charge in [0.15, 0.2) is 5.96 Å². The minimum atomic E-state index is 0. The number of hydrogen-bond acceptors (Lipinski definition) is 2. The normalized spacial score (nSPS) is 12.2. The molecule has 0 atom stereocenters. The highest BCUT2D eigenvalue weighted by atomic mass is 127. The Labute approximate surface area is 123 Å². The van der Waals surface area contributed by atoms with E-state index >= 15 is 0 Å². The van der Waals surface area contributed by atoms with Crippen LogP contribution in [0.2, 0.25) is 0 Å². The molecule has 5 heteroatoms. The highest BCUT2D eigenvalue weighted by Crippen LogP contribution is 2.20. The van der Waals surface area contributed by atoms with Crippen LogP contribution in [0, 0.1) is 5.41 Å². The molecule has 0 spiro atoms. The molecular formula is C12H28IN3O. The fourth-order valence-corrected chi connectivity index (χ4v) is 1.40. The third-order valence-electron chi connectivity index (χ3n) is 2.74. The van der Waals surface area contributed by atoms with Gasteiger partial charge in [0.2, 0.25) is 0 Å². The fourth-order valence-electron chi connectivity index (χ4n) is 1.40. The summed E-state index contributed by atoms with van der Waals surface area (Å²) in [7, 11) is 1.73. The Morgan fingerprint density at radius 2 is 1.82 bits per heavy atom. The second-order valence-electron chi connectivity index (χ2n) is 4.75. The van der Waals surface area contributed by atoms with Crippen molar-refractivity contribution in [2.24, 2.45) is 16.1 Å². The van der Waals surface area contributed by atoms with Gasteiger partial charge in [-0.2, -0.15) is 0 Å². The van der Waals surface area contributed by atoms with Crippen LogP contribution >= 0.6 is 24.0 Å². The molecule has 0 aliphatic rings. The van der Waals surface area contributed by atoms with Crippen molar-refractivity contribution in [3.63, 3.8) is 0 Å². The van der Waals surface area contributed by atoms with E-state index in [1.807, 2.05) is 0 Å². The smallest absolute Gasteiger partial charge is 0.191 e. The van der Waals surface area contributed by atoms with Gasteiger partial charge < -0.3 is 15.4 Å². The SMILES string of the molecule is CCN(CC)C(N)=NCC(C)(C)CCOC.I. The van der Waals surface area contributed by atoms with E-state index in [0.717, 1.165) is 32.7 Å². The van der Waals surface area contributed by atoms with E-state index in [0.29, 0.717) is 5.96 Å². The maximum Gasteiger partial charge on any atom is 0.191 e. The summed E-state index contributed by atoms with van der Waals surface area (Å²) < 4.78 is 5.08. The second kappa shape index (κ2) is 9.94.